The number of carbonyl (C=O) groups is 5. The van der Waals surface area contributed by atoms with Gasteiger partial charge in [-0.25, -0.2) is 4.79 Å². The molecule has 0 spiro atoms. The van der Waals surface area contributed by atoms with Crippen molar-refractivity contribution >= 4 is 29.6 Å². The number of primary amides is 1. The largest absolute Gasteiger partial charge is 0.480 e. The fraction of sp³-hybridized carbons (Fsp3) is 0.706. The molecule has 4 amide bonds. The monoisotopic (exact) mass is 417 g/mol. The minimum Gasteiger partial charge on any atom is -0.480 e. The summed E-state index contributed by atoms with van der Waals surface area (Å²) in [5.74, 6) is -4.47. The number of nitrogens with two attached hydrogens (primary N) is 2. The molecule has 0 aromatic heterocycles. The molecule has 0 aliphatic rings. The Morgan fingerprint density at radius 1 is 0.897 bits per heavy atom. The van der Waals surface area contributed by atoms with Gasteiger partial charge in [0.05, 0.1) is 18.6 Å². The molecule has 0 rings (SSSR count). The number of aliphatic carboxylic acids is 1. The Balaban J connectivity index is 5.08. The maximum atomic E-state index is 12.5. The van der Waals surface area contributed by atoms with Crippen LogP contribution in [0.5, 0.6) is 0 Å². The first-order valence-corrected chi connectivity index (χ1v) is 9.12. The molecule has 0 aromatic rings. The quantitative estimate of drug-likeness (QED) is 0.175. The maximum absolute atomic E-state index is 12.5. The summed E-state index contributed by atoms with van der Waals surface area (Å²) >= 11 is 0. The van der Waals surface area contributed by atoms with Crippen molar-refractivity contribution in [2.24, 2.45) is 17.4 Å². The first-order chi connectivity index (χ1) is 13.3. The van der Waals surface area contributed by atoms with E-state index in [0.29, 0.717) is 0 Å². The van der Waals surface area contributed by atoms with Gasteiger partial charge in [0.1, 0.15) is 12.1 Å². The van der Waals surface area contributed by atoms with Gasteiger partial charge in [0.15, 0.2) is 6.04 Å². The molecule has 0 radical (unpaired) electrons. The summed E-state index contributed by atoms with van der Waals surface area (Å²) in [5, 5.41) is 25.3. The number of carboxylic acid groups (broad SMARTS) is 1. The fourth-order valence-corrected chi connectivity index (χ4v) is 2.34. The van der Waals surface area contributed by atoms with Crippen molar-refractivity contribution in [2.45, 2.75) is 70.8 Å². The van der Waals surface area contributed by atoms with E-state index in [1.807, 2.05) is 13.8 Å². The van der Waals surface area contributed by atoms with Crippen molar-refractivity contribution in [3.63, 3.8) is 0 Å². The molecule has 0 bridgehead atoms. The molecule has 9 N–H and O–H groups in total. The number of hydrogen-bond donors (Lipinski definition) is 7. The summed E-state index contributed by atoms with van der Waals surface area (Å²) in [4.78, 5) is 58.7. The zero-order chi connectivity index (χ0) is 22.9. The SMILES string of the molecule is CC(C)CC(NC(=O)C(N)CC(N)=O)C(=O)NC(C)C(=O)NC(C(=O)O)C(C)O. The minimum absolute atomic E-state index is 0.00539. The highest BCUT2D eigenvalue weighted by atomic mass is 16.4. The van der Waals surface area contributed by atoms with Crippen molar-refractivity contribution in [2.75, 3.05) is 0 Å². The molecule has 12 heteroatoms. The van der Waals surface area contributed by atoms with Gasteiger partial charge in [-0.05, 0) is 26.2 Å². The number of amides is 4. The number of nitrogens with one attached hydrogen (secondary N) is 3. The number of hydrogen-bond acceptors (Lipinski definition) is 7. The molecule has 12 nitrogen and oxygen atoms in total. The first kappa shape index (κ1) is 26.3. The van der Waals surface area contributed by atoms with Gasteiger partial charge >= 0.3 is 5.97 Å². The minimum atomic E-state index is -1.54. The number of carbonyl (C=O) groups excluding carboxylic acids is 4. The number of carboxylic acids is 1. The first-order valence-electron chi connectivity index (χ1n) is 9.12. The molecular weight excluding hydrogens is 386 g/mol. The van der Waals surface area contributed by atoms with Gasteiger partial charge in [-0.15, -0.1) is 0 Å². The van der Waals surface area contributed by atoms with E-state index in [-0.39, 0.29) is 12.3 Å². The van der Waals surface area contributed by atoms with Gasteiger partial charge in [-0.3, -0.25) is 19.2 Å². The molecule has 0 saturated heterocycles. The van der Waals surface area contributed by atoms with Crippen molar-refractivity contribution in [1.82, 2.24) is 16.0 Å². The lowest BCUT2D eigenvalue weighted by molar-refractivity contribution is -0.145. The van der Waals surface area contributed by atoms with Crippen molar-refractivity contribution < 1.29 is 34.2 Å². The Morgan fingerprint density at radius 2 is 1.45 bits per heavy atom. The van der Waals surface area contributed by atoms with Gasteiger partial charge in [0.2, 0.25) is 23.6 Å². The summed E-state index contributed by atoms with van der Waals surface area (Å²) < 4.78 is 0. The smallest absolute Gasteiger partial charge is 0.328 e. The molecule has 0 aliphatic heterocycles. The van der Waals surface area contributed by atoms with Gasteiger partial charge in [-0.1, -0.05) is 13.8 Å². The van der Waals surface area contributed by atoms with Crippen molar-refractivity contribution in [3.8, 4) is 0 Å². The molecule has 0 fully saturated rings. The average molecular weight is 417 g/mol. The van der Waals surface area contributed by atoms with E-state index in [0.717, 1.165) is 0 Å². The predicted octanol–water partition coefficient (Wildman–Crippen LogP) is -2.83. The third-order valence-electron chi connectivity index (χ3n) is 3.90. The summed E-state index contributed by atoms with van der Waals surface area (Å²) in [6, 6.07) is -4.95. The molecule has 0 aromatic carbocycles. The van der Waals surface area contributed by atoms with Gasteiger partial charge in [-0.2, -0.15) is 0 Å². The highest BCUT2D eigenvalue weighted by Gasteiger charge is 2.30. The Labute approximate surface area is 168 Å². The molecular formula is C17H31N5O7. The second-order valence-corrected chi connectivity index (χ2v) is 7.26. The van der Waals surface area contributed by atoms with Gasteiger partial charge in [0, 0.05) is 0 Å². The molecule has 5 atom stereocenters. The third kappa shape index (κ3) is 9.85. The number of rotatable bonds is 12. The Bertz CT molecular complexity index is 623. The summed E-state index contributed by atoms with van der Waals surface area (Å²) in [6.07, 6.45) is -1.52. The topological polar surface area (TPSA) is 214 Å². The van der Waals surface area contributed by atoms with E-state index < -0.39 is 66.3 Å². The van der Waals surface area contributed by atoms with Crippen LogP contribution in [0.15, 0.2) is 0 Å². The summed E-state index contributed by atoms with van der Waals surface area (Å²) in [6.45, 7) is 6.14. The van der Waals surface area contributed by atoms with Gasteiger partial charge in [0.25, 0.3) is 0 Å². The van der Waals surface area contributed by atoms with E-state index in [1.165, 1.54) is 13.8 Å². The zero-order valence-electron chi connectivity index (χ0n) is 17.0. The Morgan fingerprint density at radius 3 is 1.86 bits per heavy atom. The van der Waals surface area contributed by atoms with Crippen LogP contribution in [0.2, 0.25) is 0 Å². The van der Waals surface area contributed by atoms with Crippen LogP contribution < -0.4 is 27.4 Å². The molecule has 0 aliphatic carbocycles. The van der Waals surface area contributed by atoms with Crippen LogP contribution >= 0.6 is 0 Å². The lowest BCUT2D eigenvalue weighted by atomic mass is 10.0. The van der Waals surface area contributed by atoms with Crippen LogP contribution in [0.3, 0.4) is 0 Å². The van der Waals surface area contributed by atoms with Crippen LogP contribution in [0.4, 0.5) is 0 Å². The van der Waals surface area contributed by atoms with Crippen LogP contribution in [0.1, 0.15) is 40.5 Å². The van der Waals surface area contributed by atoms with E-state index in [1.54, 1.807) is 0 Å². The maximum Gasteiger partial charge on any atom is 0.328 e. The number of aliphatic hydroxyl groups excluding tert-OH is 1. The number of aliphatic hydroxyl groups is 1. The summed E-state index contributed by atoms with van der Waals surface area (Å²) in [7, 11) is 0. The van der Waals surface area contributed by atoms with Crippen molar-refractivity contribution in [3.05, 3.63) is 0 Å². The van der Waals surface area contributed by atoms with E-state index in [2.05, 4.69) is 16.0 Å². The lowest BCUT2D eigenvalue weighted by Gasteiger charge is -2.24. The summed E-state index contributed by atoms with van der Waals surface area (Å²) in [5.41, 5.74) is 10.6. The van der Waals surface area contributed by atoms with Crippen LogP contribution in [0, 0.1) is 5.92 Å². The molecule has 29 heavy (non-hydrogen) atoms. The second kappa shape index (κ2) is 12.0. The van der Waals surface area contributed by atoms with Gasteiger partial charge < -0.3 is 37.6 Å². The van der Waals surface area contributed by atoms with E-state index in [4.69, 9.17) is 16.6 Å². The standard InChI is InChI=1S/C17H31N5O7/c1-7(2)5-11(21-15(26)10(18)6-12(19)24)16(27)20-8(3)14(25)22-13(9(4)23)17(28)29/h7-11,13,23H,5-6,18H2,1-4H3,(H2,19,24)(H,20,27)(H,21,26)(H,22,25)(H,28,29). The predicted molar refractivity (Wildman–Crippen MR) is 102 cm³/mol. The second-order valence-electron chi connectivity index (χ2n) is 7.26. The lowest BCUT2D eigenvalue weighted by Crippen LogP contribution is -2.57. The highest BCUT2D eigenvalue weighted by molar-refractivity contribution is 5.94. The fourth-order valence-electron chi connectivity index (χ4n) is 2.34. The highest BCUT2D eigenvalue weighted by Crippen LogP contribution is 2.06. The van der Waals surface area contributed by atoms with E-state index in [9.17, 15) is 29.1 Å². The molecule has 0 saturated carbocycles. The third-order valence-corrected chi connectivity index (χ3v) is 3.90. The zero-order valence-corrected chi connectivity index (χ0v) is 17.0. The molecule has 166 valence electrons. The van der Waals surface area contributed by atoms with Crippen molar-refractivity contribution in [1.29, 1.82) is 0 Å². The normalized spacial score (nSPS) is 16.1. The van der Waals surface area contributed by atoms with Crippen LogP contribution in [-0.4, -0.2) is 70.1 Å². The average Bonchev–Trinajstić information content (AvgIpc) is 2.56. The van der Waals surface area contributed by atoms with E-state index >= 15 is 0 Å². The molecule has 5 unspecified atom stereocenters. The van der Waals surface area contributed by atoms with Crippen LogP contribution in [-0.2, 0) is 24.0 Å². The Hall–Kier alpha value is -2.73. The van der Waals surface area contributed by atoms with Crippen LogP contribution in [0.25, 0.3) is 0 Å². The molecule has 0 heterocycles. The Kier molecular flexibility index (Phi) is 10.8.